The summed E-state index contributed by atoms with van der Waals surface area (Å²) in [5, 5.41) is 0. The van der Waals surface area contributed by atoms with E-state index in [9.17, 15) is 0 Å². The summed E-state index contributed by atoms with van der Waals surface area (Å²) in [6.07, 6.45) is 17.2. The molecule has 2 atom stereocenters. The van der Waals surface area contributed by atoms with Gasteiger partial charge in [-0.1, -0.05) is 76.6 Å². The smallest absolute Gasteiger partial charge is 0.0237 e. The minimum Gasteiger partial charge on any atom is -0.298 e. The molecule has 2 unspecified atom stereocenters. The Morgan fingerprint density at radius 3 is 2.46 bits per heavy atom. The molecule has 28 heavy (non-hydrogen) atoms. The first-order valence-electron chi connectivity index (χ1n) is 12.6. The lowest BCUT2D eigenvalue weighted by molar-refractivity contribution is 0.0628. The molecule has 0 N–H and O–H groups in total. The highest BCUT2D eigenvalue weighted by molar-refractivity contribution is 5.39. The summed E-state index contributed by atoms with van der Waals surface area (Å²) in [5.41, 5.74) is 3.85. The normalized spacial score (nSPS) is 27.1. The second-order valence-electron chi connectivity index (χ2n) is 10.3. The molecule has 0 saturated heterocycles. The molecule has 2 aliphatic carbocycles. The van der Waals surface area contributed by atoms with Crippen LogP contribution >= 0.6 is 0 Å². The molecule has 1 nitrogen and oxygen atoms in total. The molecular weight excluding hydrogens is 338 g/mol. The van der Waals surface area contributed by atoms with Gasteiger partial charge in [-0.2, -0.15) is 0 Å². The molecule has 1 heterocycles. The van der Waals surface area contributed by atoms with Crippen LogP contribution in [0.4, 0.5) is 0 Å². The highest BCUT2D eigenvalue weighted by Crippen LogP contribution is 2.53. The van der Waals surface area contributed by atoms with E-state index in [1.807, 2.05) is 0 Å². The van der Waals surface area contributed by atoms with Gasteiger partial charge in [-0.3, -0.25) is 4.90 Å². The fourth-order valence-corrected chi connectivity index (χ4v) is 6.78. The molecule has 0 radical (unpaired) electrons. The molecule has 1 aliphatic heterocycles. The Balaban J connectivity index is 1.72. The van der Waals surface area contributed by atoms with Crippen LogP contribution in [0.5, 0.6) is 0 Å². The molecule has 0 amide bonds. The minimum atomic E-state index is 0.421. The fourth-order valence-electron chi connectivity index (χ4n) is 6.78. The van der Waals surface area contributed by atoms with Crippen LogP contribution in [0.1, 0.15) is 102 Å². The van der Waals surface area contributed by atoms with Crippen LogP contribution in [0.15, 0.2) is 24.3 Å². The molecular formula is C27H43N. The standard InChI is InChI=1S/C27H43N/c1-3-5-6-13-24(11-4-2)27(25-14-8-9-15-25)21-28(19-22-17-18-22)20-23-12-7-10-16-26(23)27/h7,10,12,16,22,24-25H,3-6,8-9,11,13-15,17-21H2,1-2H3. The SMILES string of the molecule is CCCCCC(CCC)C1(C2CCCC2)CN(CC2CC2)Cc2ccccc21. The van der Waals surface area contributed by atoms with Gasteiger partial charge in [0.15, 0.2) is 0 Å². The van der Waals surface area contributed by atoms with Gasteiger partial charge in [-0.05, 0) is 67.4 Å². The molecule has 1 aromatic carbocycles. The Bertz CT molecular complexity index is 612. The monoisotopic (exact) mass is 381 g/mol. The van der Waals surface area contributed by atoms with E-state index in [-0.39, 0.29) is 0 Å². The second-order valence-corrected chi connectivity index (χ2v) is 10.3. The van der Waals surface area contributed by atoms with Crippen molar-refractivity contribution in [2.24, 2.45) is 17.8 Å². The van der Waals surface area contributed by atoms with Gasteiger partial charge in [0, 0.05) is 25.0 Å². The van der Waals surface area contributed by atoms with Gasteiger partial charge in [-0.25, -0.2) is 0 Å². The minimum absolute atomic E-state index is 0.421. The van der Waals surface area contributed by atoms with Crippen molar-refractivity contribution in [3.8, 4) is 0 Å². The fraction of sp³-hybridized carbons (Fsp3) is 0.778. The number of hydrogen-bond acceptors (Lipinski definition) is 1. The average molecular weight is 382 g/mol. The van der Waals surface area contributed by atoms with Gasteiger partial charge in [0.05, 0.1) is 0 Å². The van der Waals surface area contributed by atoms with Gasteiger partial charge < -0.3 is 0 Å². The number of hydrogen-bond donors (Lipinski definition) is 0. The molecule has 0 spiro atoms. The molecule has 0 bridgehead atoms. The van der Waals surface area contributed by atoms with Crippen molar-refractivity contribution in [2.75, 3.05) is 13.1 Å². The largest absolute Gasteiger partial charge is 0.298 e. The highest BCUT2D eigenvalue weighted by Gasteiger charge is 2.50. The van der Waals surface area contributed by atoms with E-state index < -0.39 is 0 Å². The van der Waals surface area contributed by atoms with E-state index in [0.29, 0.717) is 5.41 Å². The van der Waals surface area contributed by atoms with Crippen LogP contribution in [-0.4, -0.2) is 18.0 Å². The van der Waals surface area contributed by atoms with Crippen molar-refractivity contribution in [2.45, 2.75) is 103 Å². The molecule has 3 aliphatic rings. The van der Waals surface area contributed by atoms with Crippen molar-refractivity contribution in [3.63, 3.8) is 0 Å². The van der Waals surface area contributed by atoms with E-state index in [1.54, 1.807) is 11.1 Å². The van der Waals surface area contributed by atoms with E-state index in [1.165, 1.54) is 96.7 Å². The zero-order valence-corrected chi connectivity index (χ0v) is 18.6. The topological polar surface area (TPSA) is 3.24 Å². The van der Waals surface area contributed by atoms with E-state index in [2.05, 4.69) is 43.0 Å². The number of benzene rings is 1. The summed E-state index contributed by atoms with van der Waals surface area (Å²) in [7, 11) is 0. The van der Waals surface area contributed by atoms with Crippen LogP contribution in [0, 0.1) is 17.8 Å². The highest BCUT2D eigenvalue weighted by atomic mass is 15.1. The molecule has 156 valence electrons. The maximum atomic E-state index is 2.89. The van der Waals surface area contributed by atoms with E-state index >= 15 is 0 Å². The molecule has 0 aromatic heterocycles. The van der Waals surface area contributed by atoms with Crippen molar-refractivity contribution in [3.05, 3.63) is 35.4 Å². The van der Waals surface area contributed by atoms with Crippen molar-refractivity contribution >= 4 is 0 Å². The molecule has 1 heteroatoms. The van der Waals surface area contributed by atoms with Crippen LogP contribution in [0.2, 0.25) is 0 Å². The maximum Gasteiger partial charge on any atom is 0.0237 e. The first-order chi connectivity index (χ1) is 13.8. The third-order valence-electron chi connectivity index (χ3n) is 8.22. The first-order valence-corrected chi connectivity index (χ1v) is 12.6. The van der Waals surface area contributed by atoms with Gasteiger partial charge in [-0.15, -0.1) is 0 Å². The van der Waals surface area contributed by atoms with Crippen LogP contribution in [0.25, 0.3) is 0 Å². The summed E-state index contributed by atoms with van der Waals surface area (Å²) >= 11 is 0. The predicted molar refractivity (Wildman–Crippen MR) is 121 cm³/mol. The molecule has 2 saturated carbocycles. The van der Waals surface area contributed by atoms with Crippen LogP contribution in [-0.2, 0) is 12.0 Å². The Labute approximate surface area is 174 Å². The third-order valence-corrected chi connectivity index (χ3v) is 8.22. The number of nitrogens with zero attached hydrogens (tertiary/aromatic N) is 1. The van der Waals surface area contributed by atoms with E-state index in [0.717, 1.165) is 17.8 Å². The Kier molecular flexibility index (Phi) is 6.81. The van der Waals surface area contributed by atoms with Crippen molar-refractivity contribution < 1.29 is 0 Å². The Morgan fingerprint density at radius 1 is 0.964 bits per heavy atom. The first kappa shape index (κ1) is 20.5. The summed E-state index contributed by atoms with van der Waals surface area (Å²) in [6.45, 7) is 8.69. The summed E-state index contributed by atoms with van der Waals surface area (Å²) in [5.74, 6) is 2.78. The van der Waals surface area contributed by atoms with Gasteiger partial charge >= 0.3 is 0 Å². The lowest BCUT2D eigenvalue weighted by atomic mass is 9.57. The molecule has 4 rings (SSSR count). The lowest BCUT2D eigenvalue weighted by Crippen LogP contribution is -2.54. The number of fused-ring (bicyclic) bond motifs is 1. The summed E-state index contributed by atoms with van der Waals surface area (Å²) in [6, 6.07) is 9.65. The van der Waals surface area contributed by atoms with Crippen LogP contribution < -0.4 is 0 Å². The average Bonchev–Trinajstić information content (AvgIpc) is 3.35. The number of rotatable bonds is 10. The Morgan fingerprint density at radius 2 is 1.75 bits per heavy atom. The van der Waals surface area contributed by atoms with Gasteiger partial charge in [0.25, 0.3) is 0 Å². The van der Waals surface area contributed by atoms with Crippen molar-refractivity contribution in [1.82, 2.24) is 4.90 Å². The van der Waals surface area contributed by atoms with E-state index in [4.69, 9.17) is 0 Å². The quantitative estimate of drug-likeness (QED) is 0.383. The summed E-state index contributed by atoms with van der Waals surface area (Å²) < 4.78 is 0. The molecule has 1 aromatic rings. The number of unbranched alkanes of at least 4 members (excludes halogenated alkanes) is 2. The van der Waals surface area contributed by atoms with Crippen molar-refractivity contribution in [1.29, 1.82) is 0 Å². The molecule has 2 fully saturated rings. The van der Waals surface area contributed by atoms with Gasteiger partial charge in [0.2, 0.25) is 0 Å². The summed E-state index contributed by atoms with van der Waals surface area (Å²) in [4.78, 5) is 2.89. The maximum absolute atomic E-state index is 2.89. The lowest BCUT2D eigenvalue weighted by Gasteiger charge is -2.53. The second kappa shape index (κ2) is 9.33. The zero-order chi connectivity index (χ0) is 19.4. The van der Waals surface area contributed by atoms with Gasteiger partial charge in [0.1, 0.15) is 0 Å². The zero-order valence-electron chi connectivity index (χ0n) is 18.6. The third kappa shape index (κ3) is 4.20. The van der Waals surface area contributed by atoms with Crippen LogP contribution in [0.3, 0.4) is 0 Å². The predicted octanol–water partition coefficient (Wildman–Crippen LogP) is 7.34. The Hall–Kier alpha value is -0.820.